The van der Waals surface area contributed by atoms with Gasteiger partial charge in [0.15, 0.2) is 0 Å². The molecule has 0 saturated heterocycles. The Balaban J connectivity index is 1.77. The van der Waals surface area contributed by atoms with Crippen molar-refractivity contribution < 1.29 is 19.4 Å². The van der Waals surface area contributed by atoms with E-state index < -0.39 is 21.6 Å². The first-order valence-electron chi connectivity index (χ1n) is 8.01. The van der Waals surface area contributed by atoms with E-state index in [9.17, 15) is 25.0 Å². The molecule has 0 saturated carbocycles. The highest BCUT2D eigenvalue weighted by Crippen LogP contribution is 2.30. The summed E-state index contributed by atoms with van der Waals surface area (Å²) in [6, 6.07) is 11.3. The van der Waals surface area contributed by atoms with Crippen molar-refractivity contribution in [2.24, 2.45) is 0 Å². The van der Waals surface area contributed by atoms with Crippen molar-refractivity contribution in [3.05, 3.63) is 80.0 Å². The molecule has 0 unspecified atom stereocenters. The van der Waals surface area contributed by atoms with Crippen molar-refractivity contribution in [1.82, 2.24) is 9.78 Å². The van der Waals surface area contributed by atoms with E-state index in [0.717, 1.165) is 16.8 Å². The molecule has 1 aromatic heterocycles. The number of benzene rings is 2. The molecule has 0 fully saturated rings. The van der Waals surface area contributed by atoms with Gasteiger partial charge in [0.2, 0.25) is 5.91 Å². The highest BCUT2D eigenvalue weighted by Gasteiger charge is 2.16. The molecule has 3 aromatic rings. The van der Waals surface area contributed by atoms with E-state index in [1.807, 2.05) is 0 Å². The molecule has 0 radical (unpaired) electrons. The predicted octanol–water partition coefficient (Wildman–Crippen LogP) is 3.78. The van der Waals surface area contributed by atoms with Crippen LogP contribution in [0.4, 0.5) is 17.2 Å². The molecule has 3 rings (SSSR count). The summed E-state index contributed by atoms with van der Waals surface area (Å²) in [4.78, 5) is 32.7. The van der Waals surface area contributed by atoms with Crippen LogP contribution in [0.5, 0.6) is 11.5 Å². The number of ether oxygens (including phenoxy) is 1. The number of nitrogens with zero attached hydrogens (tertiary/aromatic N) is 4. The highest BCUT2D eigenvalue weighted by atomic mass is 35.5. The van der Waals surface area contributed by atoms with Gasteiger partial charge in [0.05, 0.1) is 34.0 Å². The van der Waals surface area contributed by atoms with Gasteiger partial charge in [-0.05, 0) is 29.2 Å². The van der Waals surface area contributed by atoms with Crippen molar-refractivity contribution in [1.29, 1.82) is 0 Å². The number of nitro groups is 2. The van der Waals surface area contributed by atoms with Gasteiger partial charge in [-0.1, -0.05) is 11.6 Å². The van der Waals surface area contributed by atoms with Gasteiger partial charge in [0.1, 0.15) is 18.0 Å². The molecule has 1 amide bonds. The number of rotatable bonds is 7. The van der Waals surface area contributed by atoms with E-state index in [2.05, 4.69) is 10.4 Å². The Bertz CT molecular complexity index is 1080. The fraction of sp³-hybridized carbons (Fsp3) is 0.0588. The summed E-state index contributed by atoms with van der Waals surface area (Å²) >= 11 is 5.81. The van der Waals surface area contributed by atoms with Gasteiger partial charge in [-0.15, -0.1) is 0 Å². The fourth-order valence-corrected chi connectivity index (χ4v) is 2.47. The number of carbonyl (C=O) groups excluding carboxylic acids is 1. The second-order valence-electron chi connectivity index (χ2n) is 5.71. The lowest BCUT2D eigenvalue weighted by atomic mass is 10.2. The first kappa shape index (κ1) is 19.8. The van der Waals surface area contributed by atoms with Gasteiger partial charge >= 0.3 is 5.82 Å². The number of anilines is 1. The Labute approximate surface area is 167 Å². The first-order valence-corrected chi connectivity index (χ1v) is 8.38. The maximum atomic E-state index is 12.2. The minimum Gasteiger partial charge on any atom is -0.457 e. The number of aromatic nitrogens is 2. The van der Waals surface area contributed by atoms with Gasteiger partial charge in [0.25, 0.3) is 5.69 Å². The van der Waals surface area contributed by atoms with E-state index in [0.29, 0.717) is 10.8 Å². The standard InChI is InChI=1S/C17H12ClN5O6/c18-11-1-3-14(4-2-11)29-15-8-12(7-13(9-15)22(25)26)19-17(24)10-21-6-5-16(20-21)23(27)28/h1-9H,10H2,(H,19,24). The number of hydrogen-bond acceptors (Lipinski definition) is 7. The average molecular weight is 418 g/mol. The molecular formula is C17H12ClN5O6. The predicted molar refractivity (Wildman–Crippen MR) is 102 cm³/mol. The number of hydrogen-bond donors (Lipinski definition) is 1. The number of carbonyl (C=O) groups is 1. The van der Waals surface area contributed by atoms with E-state index in [1.54, 1.807) is 24.3 Å². The van der Waals surface area contributed by atoms with Gasteiger partial charge in [-0.25, -0.2) is 0 Å². The zero-order valence-electron chi connectivity index (χ0n) is 14.5. The molecule has 12 heteroatoms. The van der Waals surface area contributed by atoms with E-state index in [1.165, 1.54) is 18.3 Å². The Morgan fingerprint density at radius 2 is 1.79 bits per heavy atom. The van der Waals surface area contributed by atoms with Crippen molar-refractivity contribution in [3.63, 3.8) is 0 Å². The van der Waals surface area contributed by atoms with E-state index in [-0.39, 0.29) is 23.7 Å². The lowest BCUT2D eigenvalue weighted by molar-refractivity contribution is -0.389. The zero-order valence-corrected chi connectivity index (χ0v) is 15.3. The topological polar surface area (TPSA) is 142 Å². The minimum atomic E-state index is -0.685. The smallest absolute Gasteiger partial charge is 0.389 e. The summed E-state index contributed by atoms with van der Waals surface area (Å²) in [5.74, 6) is -0.449. The van der Waals surface area contributed by atoms with E-state index in [4.69, 9.17) is 16.3 Å². The van der Waals surface area contributed by atoms with Crippen molar-refractivity contribution in [2.45, 2.75) is 6.54 Å². The molecular weight excluding hydrogens is 406 g/mol. The molecule has 1 N–H and O–H groups in total. The van der Waals surface area contributed by atoms with E-state index >= 15 is 0 Å². The first-order chi connectivity index (χ1) is 13.8. The van der Waals surface area contributed by atoms with Crippen molar-refractivity contribution in [3.8, 4) is 11.5 Å². The van der Waals surface area contributed by atoms with Crippen LogP contribution in [0.3, 0.4) is 0 Å². The summed E-state index contributed by atoms with van der Waals surface area (Å²) < 4.78 is 6.67. The third-order valence-corrected chi connectivity index (χ3v) is 3.81. The van der Waals surface area contributed by atoms with Crippen LogP contribution in [0.2, 0.25) is 5.02 Å². The maximum Gasteiger partial charge on any atom is 0.389 e. The lowest BCUT2D eigenvalue weighted by Crippen LogP contribution is -2.19. The van der Waals surface area contributed by atoms with Crippen LogP contribution in [0.1, 0.15) is 0 Å². The molecule has 1 heterocycles. The summed E-state index contributed by atoms with van der Waals surface area (Å²) in [6.45, 7) is -0.316. The summed E-state index contributed by atoms with van der Waals surface area (Å²) in [6.07, 6.45) is 1.28. The molecule has 11 nitrogen and oxygen atoms in total. The third-order valence-electron chi connectivity index (χ3n) is 3.55. The Kier molecular flexibility index (Phi) is 5.69. The van der Waals surface area contributed by atoms with Crippen LogP contribution >= 0.6 is 11.6 Å². The SMILES string of the molecule is O=C(Cn1ccc([N+](=O)[O-])n1)Nc1cc(Oc2ccc(Cl)cc2)cc([N+](=O)[O-])c1. The normalized spacial score (nSPS) is 10.4. The molecule has 0 spiro atoms. The fourth-order valence-electron chi connectivity index (χ4n) is 2.34. The summed E-state index contributed by atoms with van der Waals surface area (Å²) in [5, 5.41) is 28.4. The molecule has 0 aliphatic carbocycles. The molecule has 0 bridgehead atoms. The largest absolute Gasteiger partial charge is 0.457 e. The molecule has 0 aliphatic rings. The zero-order chi connectivity index (χ0) is 21.0. The molecule has 0 aliphatic heterocycles. The number of amides is 1. The second-order valence-corrected chi connectivity index (χ2v) is 6.14. The quantitative estimate of drug-likeness (QED) is 0.455. The number of nitrogens with one attached hydrogen (secondary N) is 1. The number of nitro benzene ring substituents is 1. The monoisotopic (exact) mass is 417 g/mol. The molecule has 0 atom stereocenters. The number of halogens is 1. The summed E-state index contributed by atoms with van der Waals surface area (Å²) in [5.41, 5.74) is -0.170. The van der Waals surface area contributed by atoms with Crippen molar-refractivity contribution >= 4 is 34.7 Å². The molecule has 148 valence electrons. The van der Waals surface area contributed by atoms with Crippen LogP contribution in [-0.4, -0.2) is 25.5 Å². The minimum absolute atomic E-state index is 0.120. The lowest BCUT2D eigenvalue weighted by Gasteiger charge is -2.09. The van der Waals surface area contributed by atoms with Crippen LogP contribution in [0.25, 0.3) is 0 Å². The maximum absolute atomic E-state index is 12.2. The number of non-ortho nitro benzene ring substituents is 1. The molecule has 29 heavy (non-hydrogen) atoms. The van der Waals surface area contributed by atoms with Crippen LogP contribution < -0.4 is 10.1 Å². The van der Waals surface area contributed by atoms with Gasteiger partial charge in [0, 0.05) is 17.2 Å². The van der Waals surface area contributed by atoms with Gasteiger partial charge in [-0.3, -0.25) is 14.9 Å². The Morgan fingerprint density at radius 1 is 1.07 bits per heavy atom. The third kappa shape index (κ3) is 5.26. The summed E-state index contributed by atoms with van der Waals surface area (Å²) in [7, 11) is 0. The van der Waals surface area contributed by atoms with Crippen LogP contribution in [0.15, 0.2) is 54.7 Å². The Morgan fingerprint density at radius 3 is 2.41 bits per heavy atom. The van der Waals surface area contributed by atoms with Crippen LogP contribution in [0, 0.1) is 20.2 Å². The average Bonchev–Trinajstić information content (AvgIpc) is 3.12. The van der Waals surface area contributed by atoms with Crippen LogP contribution in [-0.2, 0) is 11.3 Å². The second kappa shape index (κ2) is 8.35. The Hall–Kier alpha value is -3.99. The molecule has 2 aromatic carbocycles. The van der Waals surface area contributed by atoms with Gasteiger partial charge < -0.3 is 20.2 Å². The van der Waals surface area contributed by atoms with Crippen molar-refractivity contribution in [2.75, 3.05) is 5.32 Å². The van der Waals surface area contributed by atoms with Gasteiger partial charge in [-0.2, -0.15) is 4.68 Å². The highest BCUT2D eigenvalue weighted by molar-refractivity contribution is 6.30.